The van der Waals surface area contributed by atoms with Crippen molar-refractivity contribution >= 4 is 5.69 Å². The molecular formula is C6H11N5O. The van der Waals surface area contributed by atoms with Gasteiger partial charge in [0.1, 0.15) is 5.69 Å². The zero-order chi connectivity index (χ0) is 9.14. The molecule has 0 unspecified atom stereocenters. The van der Waals surface area contributed by atoms with E-state index in [0.717, 1.165) is 0 Å². The summed E-state index contributed by atoms with van der Waals surface area (Å²) in [7, 11) is 3.13. The second-order valence-electron chi connectivity index (χ2n) is 2.12. The summed E-state index contributed by atoms with van der Waals surface area (Å²) < 4.78 is 6.21. The van der Waals surface area contributed by atoms with Crippen LogP contribution < -0.4 is 21.5 Å². The number of ether oxygens (including phenoxy) is 1. The van der Waals surface area contributed by atoms with Crippen molar-refractivity contribution in [2.45, 2.75) is 0 Å². The van der Waals surface area contributed by atoms with Crippen LogP contribution in [0.5, 0.6) is 5.88 Å². The molecule has 6 heteroatoms. The van der Waals surface area contributed by atoms with E-state index in [9.17, 15) is 0 Å². The van der Waals surface area contributed by atoms with E-state index in [1.807, 2.05) is 0 Å². The van der Waals surface area contributed by atoms with Gasteiger partial charge in [-0.25, -0.2) is 4.68 Å². The number of aromatic nitrogens is 2. The minimum atomic E-state index is 0.0450. The Morgan fingerprint density at radius 3 is 2.92 bits per heavy atom. The van der Waals surface area contributed by atoms with E-state index in [1.54, 1.807) is 7.05 Å². The number of methoxy groups -OCH3 is 1. The van der Waals surface area contributed by atoms with Crippen LogP contribution in [-0.2, 0) is 0 Å². The van der Waals surface area contributed by atoms with E-state index in [-0.39, 0.29) is 11.5 Å². The summed E-state index contributed by atoms with van der Waals surface area (Å²) >= 11 is 0. The molecule has 0 aliphatic heterocycles. The predicted molar refractivity (Wildman–Crippen MR) is 44.3 cm³/mol. The molecule has 0 atom stereocenters. The number of hydrogen-bond acceptors (Lipinski definition) is 5. The molecule has 0 aromatic carbocycles. The van der Waals surface area contributed by atoms with Crippen LogP contribution in [0.1, 0.15) is 0 Å². The molecule has 66 valence electrons. The molecular weight excluding hydrogens is 158 g/mol. The van der Waals surface area contributed by atoms with Gasteiger partial charge in [-0.2, -0.15) is 4.98 Å². The third-order valence-electron chi connectivity index (χ3n) is 1.39. The van der Waals surface area contributed by atoms with Crippen molar-refractivity contribution < 1.29 is 4.74 Å². The standard InChI is InChI=1S/C6H11N5O/c1-9-11-3-4(7)5(12-2)10-6(11)8/h3,8-9H,7H2,1-2H3. The van der Waals surface area contributed by atoms with Crippen LogP contribution in [0, 0.1) is 5.41 Å². The molecule has 6 nitrogen and oxygen atoms in total. The molecule has 1 aromatic heterocycles. The molecule has 0 radical (unpaired) electrons. The van der Waals surface area contributed by atoms with E-state index in [1.165, 1.54) is 18.0 Å². The van der Waals surface area contributed by atoms with Gasteiger partial charge in [-0.1, -0.05) is 0 Å². The van der Waals surface area contributed by atoms with Gasteiger partial charge in [0.2, 0.25) is 11.5 Å². The van der Waals surface area contributed by atoms with Gasteiger partial charge in [-0.3, -0.25) is 5.41 Å². The molecule has 12 heavy (non-hydrogen) atoms. The Balaban J connectivity index is 3.26. The Bertz CT molecular complexity index is 331. The monoisotopic (exact) mass is 169 g/mol. The smallest absolute Gasteiger partial charge is 0.244 e. The zero-order valence-corrected chi connectivity index (χ0v) is 6.96. The van der Waals surface area contributed by atoms with Gasteiger partial charge in [-0.15, -0.1) is 0 Å². The maximum Gasteiger partial charge on any atom is 0.244 e. The van der Waals surface area contributed by atoms with Crippen LogP contribution in [0.3, 0.4) is 0 Å². The minimum absolute atomic E-state index is 0.0450. The van der Waals surface area contributed by atoms with E-state index in [0.29, 0.717) is 5.69 Å². The Kier molecular flexibility index (Phi) is 2.18. The van der Waals surface area contributed by atoms with Crippen LogP contribution in [-0.4, -0.2) is 23.8 Å². The molecule has 0 amide bonds. The number of nitrogens with zero attached hydrogens (tertiary/aromatic N) is 2. The SMILES string of the molecule is CNn1cc(N)c(OC)nc1=N. The molecule has 0 saturated carbocycles. The van der Waals surface area contributed by atoms with Crippen molar-refractivity contribution in [3.05, 3.63) is 11.8 Å². The van der Waals surface area contributed by atoms with Gasteiger partial charge in [0.25, 0.3) is 0 Å². The second-order valence-corrected chi connectivity index (χ2v) is 2.12. The fraction of sp³-hybridized carbons (Fsp3) is 0.333. The molecule has 0 fully saturated rings. The van der Waals surface area contributed by atoms with Crippen molar-refractivity contribution in [3.63, 3.8) is 0 Å². The quantitative estimate of drug-likeness (QED) is 0.536. The van der Waals surface area contributed by atoms with E-state index in [2.05, 4.69) is 10.4 Å². The average molecular weight is 169 g/mol. The third-order valence-corrected chi connectivity index (χ3v) is 1.39. The van der Waals surface area contributed by atoms with Crippen molar-refractivity contribution in [3.8, 4) is 5.88 Å². The molecule has 0 spiro atoms. The molecule has 0 saturated heterocycles. The Morgan fingerprint density at radius 1 is 1.75 bits per heavy atom. The van der Waals surface area contributed by atoms with Crippen molar-refractivity contribution in [2.75, 3.05) is 25.3 Å². The topological polar surface area (TPSA) is 89.0 Å². The fourth-order valence-electron chi connectivity index (χ4n) is 0.804. The Hall–Kier alpha value is -1.72. The number of nitrogens with two attached hydrogens (primary N) is 1. The van der Waals surface area contributed by atoms with E-state index < -0.39 is 0 Å². The van der Waals surface area contributed by atoms with Crippen molar-refractivity contribution in [2.24, 2.45) is 0 Å². The summed E-state index contributed by atoms with van der Waals surface area (Å²) in [4.78, 5) is 3.78. The van der Waals surface area contributed by atoms with Gasteiger partial charge >= 0.3 is 0 Å². The summed E-state index contributed by atoms with van der Waals surface area (Å²) in [5.74, 6) is 0.270. The lowest BCUT2D eigenvalue weighted by molar-refractivity contribution is 0.394. The third kappa shape index (κ3) is 1.31. The Labute approximate surface area is 69.5 Å². The molecule has 1 rings (SSSR count). The number of nitrogens with one attached hydrogen (secondary N) is 2. The van der Waals surface area contributed by atoms with Gasteiger partial charge in [-0.05, 0) is 0 Å². The van der Waals surface area contributed by atoms with Crippen LogP contribution in [0.2, 0.25) is 0 Å². The number of anilines is 1. The normalized spacial score (nSPS) is 9.50. The van der Waals surface area contributed by atoms with E-state index in [4.69, 9.17) is 15.9 Å². The summed E-state index contributed by atoms with van der Waals surface area (Å²) in [5.41, 5.74) is 8.70. The molecule has 0 bridgehead atoms. The lowest BCUT2D eigenvalue weighted by Gasteiger charge is -2.07. The lowest BCUT2D eigenvalue weighted by atomic mass is 10.5. The number of rotatable bonds is 2. The van der Waals surface area contributed by atoms with Gasteiger partial charge in [0.05, 0.1) is 13.3 Å². The van der Waals surface area contributed by atoms with Crippen LogP contribution in [0.15, 0.2) is 6.20 Å². The summed E-state index contributed by atoms with van der Waals surface area (Å²) in [5, 5.41) is 7.37. The number of hydrogen-bond donors (Lipinski definition) is 3. The summed E-state index contributed by atoms with van der Waals surface area (Å²) in [6, 6.07) is 0. The highest BCUT2D eigenvalue weighted by molar-refractivity contribution is 5.44. The van der Waals surface area contributed by atoms with Crippen molar-refractivity contribution in [1.29, 1.82) is 5.41 Å². The molecule has 0 aliphatic rings. The largest absolute Gasteiger partial charge is 0.479 e. The first-order valence-corrected chi connectivity index (χ1v) is 3.34. The van der Waals surface area contributed by atoms with Crippen molar-refractivity contribution in [1.82, 2.24) is 9.66 Å². The maximum absolute atomic E-state index is 7.37. The molecule has 1 heterocycles. The minimum Gasteiger partial charge on any atom is -0.479 e. The molecule has 4 N–H and O–H groups in total. The van der Waals surface area contributed by atoms with Gasteiger partial charge in [0.15, 0.2) is 0 Å². The first kappa shape index (κ1) is 8.38. The highest BCUT2D eigenvalue weighted by Gasteiger charge is 2.01. The zero-order valence-electron chi connectivity index (χ0n) is 6.96. The Morgan fingerprint density at radius 2 is 2.42 bits per heavy atom. The van der Waals surface area contributed by atoms with Crippen LogP contribution in [0.25, 0.3) is 0 Å². The van der Waals surface area contributed by atoms with Gasteiger partial charge < -0.3 is 15.9 Å². The van der Waals surface area contributed by atoms with Crippen LogP contribution in [0.4, 0.5) is 5.69 Å². The first-order valence-electron chi connectivity index (χ1n) is 3.34. The lowest BCUT2D eigenvalue weighted by Crippen LogP contribution is -2.29. The van der Waals surface area contributed by atoms with E-state index >= 15 is 0 Å². The first-order chi connectivity index (χ1) is 5.69. The molecule has 1 aromatic rings. The summed E-state index contributed by atoms with van der Waals surface area (Å²) in [6.45, 7) is 0. The molecule has 0 aliphatic carbocycles. The fourth-order valence-corrected chi connectivity index (χ4v) is 0.804. The predicted octanol–water partition coefficient (Wildman–Crippen LogP) is -0.873. The number of nitrogen functional groups attached to an aromatic ring is 1. The highest BCUT2D eigenvalue weighted by atomic mass is 16.5. The highest BCUT2D eigenvalue weighted by Crippen LogP contribution is 2.12. The van der Waals surface area contributed by atoms with Crippen LogP contribution >= 0.6 is 0 Å². The average Bonchev–Trinajstić information content (AvgIpc) is 2.08. The second kappa shape index (κ2) is 3.12. The summed E-state index contributed by atoms with van der Waals surface area (Å²) in [6.07, 6.45) is 1.54. The maximum atomic E-state index is 7.37. The van der Waals surface area contributed by atoms with Gasteiger partial charge in [0, 0.05) is 7.05 Å².